The summed E-state index contributed by atoms with van der Waals surface area (Å²) in [6, 6.07) is 11.9. The van der Waals surface area contributed by atoms with Gasteiger partial charge < -0.3 is 16.0 Å². The zero-order valence-electron chi connectivity index (χ0n) is 13.4. The van der Waals surface area contributed by atoms with Gasteiger partial charge in [-0.2, -0.15) is 19.6 Å². The number of anilines is 2. The van der Waals surface area contributed by atoms with Gasteiger partial charge in [0, 0.05) is 18.2 Å². The van der Waals surface area contributed by atoms with Gasteiger partial charge in [0.05, 0.1) is 5.69 Å². The van der Waals surface area contributed by atoms with Crippen molar-refractivity contribution in [1.29, 1.82) is 0 Å². The SMILES string of the molecule is CN(C)CCCNc1nc(N)nc2cc(-c3ccccc3)nn12. The van der Waals surface area contributed by atoms with Crippen LogP contribution in [0.2, 0.25) is 0 Å². The number of nitrogen functional groups attached to an aromatic ring is 1. The monoisotopic (exact) mass is 311 g/mol. The summed E-state index contributed by atoms with van der Waals surface area (Å²) >= 11 is 0. The van der Waals surface area contributed by atoms with Gasteiger partial charge in [-0.1, -0.05) is 30.3 Å². The van der Waals surface area contributed by atoms with Crippen molar-refractivity contribution in [3.8, 4) is 11.3 Å². The first-order chi connectivity index (χ1) is 11.1. The minimum atomic E-state index is 0.243. The molecule has 2 aromatic heterocycles. The smallest absolute Gasteiger partial charge is 0.229 e. The third-order valence-electron chi connectivity index (χ3n) is 3.48. The van der Waals surface area contributed by atoms with Crippen LogP contribution >= 0.6 is 0 Å². The Kier molecular flexibility index (Phi) is 4.38. The van der Waals surface area contributed by atoms with Gasteiger partial charge >= 0.3 is 0 Å². The number of benzene rings is 1. The molecule has 3 aromatic rings. The Morgan fingerprint density at radius 2 is 1.96 bits per heavy atom. The standard InChI is InChI=1S/C16H21N7/c1-22(2)10-6-9-18-16-20-15(17)19-14-11-13(21-23(14)16)12-7-4-3-5-8-12/h3-5,7-8,11H,6,9-10H2,1-2H3,(H3,17,18,19,20). The highest BCUT2D eigenvalue weighted by Gasteiger charge is 2.10. The summed E-state index contributed by atoms with van der Waals surface area (Å²) in [7, 11) is 4.11. The van der Waals surface area contributed by atoms with Crippen LogP contribution in [0.3, 0.4) is 0 Å². The Morgan fingerprint density at radius 1 is 1.17 bits per heavy atom. The quantitative estimate of drug-likeness (QED) is 0.675. The van der Waals surface area contributed by atoms with Crippen molar-refractivity contribution in [2.24, 2.45) is 0 Å². The van der Waals surface area contributed by atoms with E-state index in [1.54, 1.807) is 4.52 Å². The summed E-state index contributed by atoms with van der Waals surface area (Å²) in [6.07, 6.45) is 1.01. The number of rotatable bonds is 6. The molecule has 0 fully saturated rings. The average Bonchev–Trinajstić information content (AvgIpc) is 2.96. The summed E-state index contributed by atoms with van der Waals surface area (Å²) in [6.45, 7) is 1.80. The maximum Gasteiger partial charge on any atom is 0.229 e. The average molecular weight is 311 g/mol. The second kappa shape index (κ2) is 6.62. The summed E-state index contributed by atoms with van der Waals surface area (Å²) in [5.41, 5.74) is 8.39. The first kappa shape index (κ1) is 15.2. The van der Waals surface area contributed by atoms with E-state index in [0.717, 1.165) is 30.8 Å². The van der Waals surface area contributed by atoms with Crippen LogP contribution in [0.1, 0.15) is 6.42 Å². The second-order valence-electron chi connectivity index (χ2n) is 5.65. The van der Waals surface area contributed by atoms with Gasteiger partial charge in [-0.15, -0.1) is 0 Å². The predicted molar refractivity (Wildman–Crippen MR) is 92.3 cm³/mol. The van der Waals surface area contributed by atoms with Crippen molar-refractivity contribution >= 4 is 17.5 Å². The van der Waals surface area contributed by atoms with Gasteiger partial charge in [0.1, 0.15) is 0 Å². The van der Waals surface area contributed by atoms with E-state index in [0.29, 0.717) is 11.6 Å². The third kappa shape index (κ3) is 3.57. The summed E-state index contributed by atoms with van der Waals surface area (Å²) in [5, 5.41) is 7.89. The summed E-state index contributed by atoms with van der Waals surface area (Å²) < 4.78 is 1.70. The first-order valence-electron chi connectivity index (χ1n) is 7.61. The van der Waals surface area contributed by atoms with Crippen LogP contribution in [0, 0.1) is 0 Å². The van der Waals surface area contributed by atoms with E-state index in [9.17, 15) is 0 Å². The van der Waals surface area contributed by atoms with E-state index in [4.69, 9.17) is 5.73 Å². The lowest BCUT2D eigenvalue weighted by molar-refractivity contribution is 0.405. The molecule has 0 aliphatic rings. The number of hydrogen-bond acceptors (Lipinski definition) is 6. The molecule has 0 aliphatic carbocycles. The molecule has 0 radical (unpaired) electrons. The van der Waals surface area contributed by atoms with Gasteiger partial charge in [-0.3, -0.25) is 0 Å². The van der Waals surface area contributed by atoms with Crippen molar-refractivity contribution in [3.05, 3.63) is 36.4 Å². The van der Waals surface area contributed by atoms with Gasteiger partial charge in [-0.25, -0.2) is 0 Å². The number of nitrogens with zero attached hydrogens (tertiary/aromatic N) is 5. The molecular formula is C16H21N7. The second-order valence-corrected chi connectivity index (χ2v) is 5.65. The Labute approximate surface area is 135 Å². The van der Waals surface area contributed by atoms with E-state index in [1.165, 1.54) is 0 Å². The highest BCUT2D eigenvalue weighted by Crippen LogP contribution is 2.20. The van der Waals surface area contributed by atoms with E-state index >= 15 is 0 Å². The van der Waals surface area contributed by atoms with Crippen molar-refractivity contribution in [1.82, 2.24) is 24.5 Å². The summed E-state index contributed by atoms with van der Waals surface area (Å²) in [4.78, 5) is 10.7. The number of nitrogens with two attached hydrogens (primary N) is 1. The first-order valence-corrected chi connectivity index (χ1v) is 7.61. The molecule has 1 aromatic carbocycles. The van der Waals surface area contributed by atoms with Crippen molar-refractivity contribution in [2.75, 3.05) is 38.2 Å². The normalized spacial score (nSPS) is 11.3. The van der Waals surface area contributed by atoms with Crippen molar-refractivity contribution in [2.45, 2.75) is 6.42 Å². The zero-order chi connectivity index (χ0) is 16.2. The topological polar surface area (TPSA) is 84.4 Å². The van der Waals surface area contributed by atoms with Crippen LogP contribution in [-0.2, 0) is 0 Å². The molecule has 0 spiro atoms. The molecule has 3 rings (SSSR count). The van der Waals surface area contributed by atoms with E-state index < -0.39 is 0 Å². The van der Waals surface area contributed by atoms with Crippen LogP contribution in [-0.4, -0.2) is 51.7 Å². The lowest BCUT2D eigenvalue weighted by Gasteiger charge is -2.10. The molecule has 0 saturated carbocycles. The zero-order valence-corrected chi connectivity index (χ0v) is 13.4. The fourth-order valence-electron chi connectivity index (χ4n) is 2.36. The molecule has 0 unspecified atom stereocenters. The molecule has 0 amide bonds. The van der Waals surface area contributed by atoms with Crippen LogP contribution in [0.25, 0.3) is 16.9 Å². The minimum absolute atomic E-state index is 0.243. The van der Waals surface area contributed by atoms with Crippen LogP contribution in [0.15, 0.2) is 36.4 Å². The molecule has 0 saturated heterocycles. The number of nitrogens with one attached hydrogen (secondary N) is 1. The fraction of sp³-hybridized carbons (Fsp3) is 0.312. The van der Waals surface area contributed by atoms with Crippen molar-refractivity contribution < 1.29 is 0 Å². The van der Waals surface area contributed by atoms with Gasteiger partial charge in [-0.05, 0) is 27.1 Å². The van der Waals surface area contributed by atoms with E-state index in [2.05, 4.69) is 39.4 Å². The van der Waals surface area contributed by atoms with Gasteiger partial charge in [0.2, 0.25) is 11.9 Å². The number of aromatic nitrogens is 4. The van der Waals surface area contributed by atoms with Crippen LogP contribution < -0.4 is 11.1 Å². The lowest BCUT2D eigenvalue weighted by Crippen LogP contribution is -2.18. The molecule has 3 N–H and O–H groups in total. The maximum absolute atomic E-state index is 5.81. The number of hydrogen-bond donors (Lipinski definition) is 2. The highest BCUT2D eigenvalue weighted by atomic mass is 15.4. The van der Waals surface area contributed by atoms with E-state index in [1.807, 2.05) is 36.4 Å². The Hall–Kier alpha value is -2.67. The van der Waals surface area contributed by atoms with Crippen LogP contribution in [0.5, 0.6) is 0 Å². The third-order valence-corrected chi connectivity index (χ3v) is 3.48. The largest absolute Gasteiger partial charge is 0.368 e. The maximum atomic E-state index is 5.81. The van der Waals surface area contributed by atoms with Gasteiger partial charge in [0.25, 0.3) is 0 Å². The van der Waals surface area contributed by atoms with Crippen LogP contribution in [0.4, 0.5) is 11.9 Å². The molecule has 23 heavy (non-hydrogen) atoms. The number of fused-ring (bicyclic) bond motifs is 1. The Morgan fingerprint density at radius 3 is 2.70 bits per heavy atom. The molecule has 120 valence electrons. The Balaban J connectivity index is 1.87. The highest BCUT2D eigenvalue weighted by molar-refractivity contribution is 5.65. The van der Waals surface area contributed by atoms with E-state index in [-0.39, 0.29) is 5.95 Å². The minimum Gasteiger partial charge on any atom is -0.368 e. The molecule has 0 bridgehead atoms. The Bertz CT molecular complexity index is 780. The fourth-order valence-corrected chi connectivity index (χ4v) is 2.36. The van der Waals surface area contributed by atoms with Crippen molar-refractivity contribution in [3.63, 3.8) is 0 Å². The molecule has 2 heterocycles. The molecular weight excluding hydrogens is 290 g/mol. The predicted octanol–water partition coefficient (Wildman–Crippen LogP) is 1.74. The van der Waals surface area contributed by atoms with Gasteiger partial charge in [0.15, 0.2) is 5.65 Å². The molecule has 7 nitrogen and oxygen atoms in total. The lowest BCUT2D eigenvalue weighted by atomic mass is 10.2. The molecule has 0 atom stereocenters. The molecule has 7 heteroatoms. The summed E-state index contributed by atoms with van der Waals surface area (Å²) in [5.74, 6) is 0.862. The molecule has 0 aliphatic heterocycles.